The van der Waals surface area contributed by atoms with Crippen LogP contribution in [0.15, 0.2) is 24.3 Å². The number of nitrogens with two attached hydrogens (primary N) is 1. The fraction of sp³-hybridized carbons (Fsp3) is 0.250. The van der Waals surface area contributed by atoms with Crippen LogP contribution < -0.4 is 11.0 Å². The summed E-state index contributed by atoms with van der Waals surface area (Å²) in [5.74, 6) is 0. The van der Waals surface area contributed by atoms with Crippen LogP contribution in [0.25, 0.3) is 0 Å². The van der Waals surface area contributed by atoms with Gasteiger partial charge in [-0.3, -0.25) is 4.57 Å². The number of rotatable bonds is 3. The summed E-state index contributed by atoms with van der Waals surface area (Å²) in [4.78, 5) is 9.42. The molecule has 0 saturated heterocycles. The lowest BCUT2D eigenvalue weighted by molar-refractivity contribution is 0.284. The van der Waals surface area contributed by atoms with E-state index >= 15 is 0 Å². The highest BCUT2D eigenvalue weighted by atomic mass is 31.2. The van der Waals surface area contributed by atoms with E-state index in [2.05, 4.69) is 0 Å². The van der Waals surface area contributed by atoms with Gasteiger partial charge in [0.15, 0.2) is 0 Å². The van der Waals surface area contributed by atoms with E-state index in [9.17, 15) is 9.46 Å². The topological polar surface area (TPSA) is 72.5 Å². The number of anilines is 1. The van der Waals surface area contributed by atoms with Crippen LogP contribution in [0.3, 0.4) is 0 Å². The summed E-state index contributed by atoms with van der Waals surface area (Å²) >= 11 is 0. The monoisotopic (exact) mass is 201 g/mol. The molecule has 5 heteroatoms. The molecule has 1 aromatic rings. The van der Waals surface area contributed by atoms with Gasteiger partial charge in [-0.1, -0.05) is 12.1 Å². The van der Waals surface area contributed by atoms with Gasteiger partial charge in [0.2, 0.25) is 0 Å². The Morgan fingerprint density at radius 1 is 1.54 bits per heavy atom. The largest absolute Gasteiger partial charge is 0.398 e. The predicted octanol–water partition coefficient (Wildman–Crippen LogP) is 1.12. The number of para-hydroxylation sites is 1. The number of hydrogen-bond donors (Lipinski definition) is 2. The van der Waals surface area contributed by atoms with Crippen LogP contribution in [0.2, 0.25) is 0 Å². The smallest absolute Gasteiger partial charge is 0.360 e. The number of hydrogen-bond acceptors (Lipinski definition) is 3. The van der Waals surface area contributed by atoms with Gasteiger partial charge in [-0.2, -0.15) is 0 Å². The molecular weight excluding hydrogens is 189 g/mol. The average Bonchev–Trinajstić information content (AvgIpc) is 2.04. The molecule has 0 aliphatic rings. The van der Waals surface area contributed by atoms with Crippen LogP contribution in [0.1, 0.15) is 6.92 Å². The van der Waals surface area contributed by atoms with Gasteiger partial charge in [0.25, 0.3) is 0 Å². The minimum Gasteiger partial charge on any atom is -0.398 e. The first-order chi connectivity index (χ1) is 6.08. The Hall–Kier alpha value is -0.830. The first-order valence-electron chi connectivity index (χ1n) is 3.90. The summed E-state index contributed by atoms with van der Waals surface area (Å²) in [5, 5.41) is 0.164. The zero-order valence-corrected chi connectivity index (χ0v) is 8.20. The molecule has 1 unspecified atom stereocenters. The summed E-state index contributed by atoms with van der Waals surface area (Å²) in [6, 6.07) is 6.40. The minimum absolute atomic E-state index is 0.164. The fourth-order valence-electron chi connectivity index (χ4n) is 0.989. The van der Waals surface area contributed by atoms with Crippen molar-refractivity contribution >= 4 is 18.6 Å². The molecule has 0 spiro atoms. The van der Waals surface area contributed by atoms with E-state index in [0.29, 0.717) is 0 Å². The maximum Gasteiger partial charge on any atom is 0.360 e. The van der Waals surface area contributed by atoms with Crippen molar-refractivity contribution in [2.24, 2.45) is 0 Å². The third-order valence-corrected chi connectivity index (χ3v) is 3.17. The van der Waals surface area contributed by atoms with E-state index in [-0.39, 0.29) is 17.6 Å². The van der Waals surface area contributed by atoms with Crippen molar-refractivity contribution in [3.63, 3.8) is 0 Å². The minimum atomic E-state index is -3.71. The average molecular weight is 201 g/mol. The van der Waals surface area contributed by atoms with Gasteiger partial charge < -0.3 is 15.2 Å². The van der Waals surface area contributed by atoms with E-state index < -0.39 is 7.60 Å². The van der Waals surface area contributed by atoms with Crippen LogP contribution in [-0.4, -0.2) is 11.5 Å². The normalized spacial score (nSPS) is 15.2. The van der Waals surface area contributed by atoms with E-state index in [4.69, 9.17) is 10.3 Å². The molecule has 0 heterocycles. The molecule has 1 aromatic carbocycles. The van der Waals surface area contributed by atoms with Crippen molar-refractivity contribution in [2.45, 2.75) is 6.92 Å². The highest BCUT2D eigenvalue weighted by Gasteiger charge is 2.23. The van der Waals surface area contributed by atoms with Crippen molar-refractivity contribution in [3.05, 3.63) is 24.3 Å². The van der Waals surface area contributed by atoms with Crippen molar-refractivity contribution in [1.29, 1.82) is 0 Å². The molecule has 3 N–H and O–H groups in total. The quantitative estimate of drug-likeness (QED) is 0.567. The molecule has 72 valence electrons. The van der Waals surface area contributed by atoms with Crippen LogP contribution in [0.4, 0.5) is 5.69 Å². The third-order valence-electron chi connectivity index (χ3n) is 1.55. The molecule has 1 rings (SSSR count). The first kappa shape index (κ1) is 10.3. The van der Waals surface area contributed by atoms with Gasteiger partial charge in [-0.25, -0.2) is 0 Å². The standard InChI is InChI=1S/C8H12NO3P/c1-2-12-13(10,11)8-6-4-3-5-7(8)9/h3-6H,2,9H2,1H3,(H,10,11). The zero-order chi connectivity index (χ0) is 9.90. The van der Waals surface area contributed by atoms with E-state index in [0.717, 1.165) is 0 Å². The van der Waals surface area contributed by atoms with Crippen molar-refractivity contribution in [1.82, 2.24) is 0 Å². The van der Waals surface area contributed by atoms with Crippen molar-refractivity contribution < 1.29 is 14.0 Å². The highest BCUT2D eigenvalue weighted by Crippen LogP contribution is 2.41. The molecule has 0 radical (unpaired) electrons. The van der Waals surface area contributed by atoms with Gasteiger partial charge >= 0.3 is 7.60 Å². The number of nitrogen functional groups attached to an aromatic ring is 1. The van der Waals surface area contributed by atoms with Crippen LogP contribution in [0, 0.1) is 0 Å². The Morgan fingerprint density at radius 3 is 2.69 bits per heavy atom. The molecule has 0 aliphatic carbocycles. The highest BCUT2D eigenvalue weighted by molar-refractivity contribution is 7.61. The molecule has 0 fully saturated rings. The maximum absolute atomic E-state index is 11.5. The lowest BCUT2D eigenvalue weighted by Gasteiger charge is -2.12. The Balaban J connectivity index is 3.07. The summed E-state index contributed by atoms with van der Waals surface area (Å²) in [7, 11) is -3.71. The Kier molecular flexibility index (Phi) is 3.09. The maximum atomic E-state index is 11.5. The van der Waals surface area contributed by atoms with Gasteiger partial charge in [0, 0.05) is 5.69 Å². The third kappa shape index (κ3) is 2.31. The van der Waals surface area contributed by atoms with Crippen LogP contribution >= 0.6 is 7.60 Å². The van der Waals surface area contributed by atoms with Crippen molar-refractivity contribution in [2.75, 3.05) is 12.3 Å². The van der Waals surface area contributed by atoms with Gasteiger partial charge in [0.05, 0.1) is 11.9 Å². The number of benzene rings is 1. The van der Waals surface area contributed by atoms with Crippen molar-refractivity contribution in [3.8, 4) is 0 Å². The second-order valence-corrected chi connectivity index (χ2v) is 4.28. The van der Waals surface area contributed by atoms with E-state index in [1.807, 2.05) is 0 Å². The molecule has 13 heavy (non-hydrogen) atoms. The fourth-order valence-corrected chi connectivity index (χ4v) is 2.15. The van der Waals surface area contributed by atoms with Gasteiger partial charge in [-0.15, -0.1) is 0 Å². The van der Waals surface area contributed by atoms with Gasteiger partial charge in [0.1, 0.15) is 0 Å². The zero-order valence-electron chi connectivity index (χ0n) is 7.30. The molecule has 0 bridgehead atoms. The van der Waals surface area contributed by atoms with Gasteiger partial charge in [-0.05, 0) is 19.1 Å². The Morgan fingerprint density at radius 2 is 2.15 bits per heavy atom. The second kappa shape index (κ2) is 3.92. The summed E-state index contributed by atoms with van der Waals surface area (Å²) < 4.78 is 16.2. The Bertz CT molecular complexity index is 340. The Labute approximate surface area is 76.9 Å². The van der Waals surface area contributed by atoms with E-state index in [1.54, 1.807) is 25.1 Å². The molecule has 0 saturated carbocycles. The predicted molar refractivity (Wildman–Crippen MR) is 51.9 cm³/mol. The lowest BCUT2D eigenvalue weighted by Crippen LogP contribution is -2.11. The second-order valence-electron chi connectivity index (χ2n) is 2.50. The summed E-state index contributed by atoms with van der Waals surface area (Å²) in [5.41, 5.74) is 5.80. The first-order valence-corrected chi connectivity index (χ1v) is 5.48. The molecule has 4 nitrogen and oxygen atoms in total. The van der Waals surface area contributed by atoms with E-state index in [1.165, 1.54) is 6.07 Å². The lowest BCUT2D eigenvalue weighted by atomic mass is 10.3. The van der Waals surface area contributed by atoms with Crippen LogP contribution in [-0.2, 0) is 9.09 Å². The summed E-state index contributed by atoms with van der Waals surface area (Å²) in [6.07, 6.45) is 0. The molecule has 0 amide bonds. The van der Waals surface area contributed by atoms with Crippen LogP contribution in [0.5, 0.6) is 0 Å². The summed E-state index contributed by atoms with van der Waals surface area (Å²) in [6.45, 7) is 1.84. The molecular formula is C8H12NO3P. The molecule has 0 aliphatic heterocycles. The molecule has 1 atom stereocenters. The molecule has 0 aromatic heterocycles. The SMILES string of the molecule is CCOP(=O)(O)c1ccccc1N.